The van der Waals surface area contributed by atoms with Crippen molar-refractivity contribution in [2.75, 3.05) is 72.4 Å². The third kappa shape index (κ3) is 4.13. The van der Waals surface area contributed by atoms with Gasteiger partial charge in [0.15, 0.2) is 0 Å². The molecule has 0 N–H and O–H groups in total. The van der Waals surface area contributed by atoms with Gasteiger partial charge < -0.3 is 18.9 Å². The standard InChI is InChI=1S/C14H28N2O4/c1-3-19-14(20-4-2,16-7-11-18-12-8-16)13-15-5-9-17-10-6-15/h3-13H2,1-2H3. The molecular weight excluding hydrogens is 260 g/mol. The van der Waals surface area contributed by atoms with Crippen molar-refractivity contribution in [2.45, 2.75) is 19.8 Å². The van der Waals surface area contributed by atoms with E-state index in [4.69, 9.17) is 18.9 Å². The summed E-state index contributed by atoms with van der Waals surface area (Å²) < 4.78 is 23.0. The van der Waals surface area contributed by atoms with Crippen LogP contribution in [0.25, 0.3) is 0 Å². The van der Waals surface area contributed by atoms with Gasteiger partial charge in [-0.25, -0.2) is 4.90 Å². The molecule has 0 amide bonds. The first-order valence-corrected chi connectivity index (χ1v) is 7.71. The van der Waals surface area contributed by atoms with Crippen molar-refractivity contribution in [3.63, 3.8) is 0 Å². The zero-order chi connectivity index (χ0) is 14.3. The van der Waals surface area contributed by atoms with Gasteiger partial charge >= 0.3 is 0 Å². The van der Waals surface area contributed by atoms with Gasteiger partial charge in [0.25, 0.3) is 0 Å². The van der Waals surface area contributed by atoms with E-state index < -0.39 is 5.91 Å². The molecule has 0 aliphatic carbocycles. The van der Waals surface area contributed by atoms with Crippen molar-refractivity contribution in [3.05, 3.63) is 0 Å². The Kier molecular flexibility index (Phi) is 6.67. The van der Waals surface area contributed by atoms with Crippen molar-refractivity contribution in [2.24, 2.45) is 0 Å². The van der Waals surface area contributed by atoms with Crippen LogP contribution in [0.2, 0.25) is 0 Å². The van der Waals surface area contributed by atoms with Crippen LogP contribution in [0.1, 0.15) is 13.8 Å². The van der Waals surface area contributed by atoms with Crippen LogP contribution in [0.3, 0.4) is 0 Å². The third-order valence-corrected chi connectivity index (χ3v) is 3.76. The molecule has 2 heterocycles. The summed E-state index contributed by atoms with van der Waals surface area (Å²) >= 11 is 0. The van der Waals surface area contributed by atoms with Gasteiger partial charge in [-0.2, -0.15) is 0 Å². The highest BCUT2D eigenvalue weighted by Crippen LogP contribution is 2.23. The van der Waals surface area contributed by atoms with Crippen molar-refractivity contribution in [3.8, 4) is 0 Å². The molecule has 0 saturated carbocycles. The molecule has 0 radical (unpaired) electrons. The van der Waals surface area contributed by atoms with E-state index in [1.54, 1.807) is 0 Å². The molecule has 20 heavy (non-hydrogen) atoms. The monoisotopic (exact) mass is 288 g/mol. The number of ether oxygens (including phenoxy) is 4. The Morgan fingerprint density at radius 3 is 1.85 bits per heavy atom. The fourth-order valence-electron chi connectivity index (χ4n) is 2.81. The first kappa shape index (κ1) is 16.1. The van der Waals surface area contributed by atoms with Crippen molar-refractivity contribution < 1.29 is 18.9 Å². The molecule has 0 spiro atoms. The summed E-state index contributed by atoms with van der Waals surface area (Å²) in [6.45, 7) is 12.7. The maximum atomic E-state index is 6.08. The average Bonchev–Trinajstić information content (AvgIpc) is 2.49. The molecule has 0 aromatic carbocycles. The zero-order valence-corrected chi connectivity index (χ0v) is 12.8. The van der Waals surface area contributed by atoms with Crippen molar-refractivity contribution in [1.82, 2.24) is 9.80 Å². The molecule has 6 heteroatoms. The van der Waals surface area contributed by atoms with E-state index in [0.29, 0.717) is 13.2 Å². The lowest BCUT2D eigenvalue weighted by atomic mass is 10.3. The van der Waals surface area contributed by atoms with Gasteiger partial charge in [-0.15, -0.1) is 0 Å². The SMILES string of the molecule is CCOC(CN1CCOCC1)(OCC)N1CCOCC1. The second-order valence-corrected chi connectivity index (χ2v) is 5.07. The van der Waals surface area contributed by atoms with Gasteiger partial charge in [-0.3, -0.25) is 4.90 Å². The van der Waals surface area contributed by atoms with Crippen LogP contribution < -0.4 is 0 Å². The highest BCUT2D eigenvalue weighted by molar-refractivity contribution is 4.80. The molecule has 0 unspecified atom stereocenters. The van der Waals surface area contributed by atoms with Crippen LogP contribution in [0, 0.1) is 0 Å². The van der Waals surface area contributed by atoms with Gasteiger partial charge in [0, 0.05) is 39.4 Å². The maximum absolute atomic E-state index is 6.08. The van der Waals surface area contributed by atoms with Crippen LogP contribution in [-0.4, -0.2) is 88.1 Å². The van der Waals surface area contributed by atoms with Gasteiger partial charge in [0.1, 0.15) is 0 Å². The van der Waals surface area contributed by atoms with E-state index in [-0.39, 0.29) is 0 Å². The second-order valence-electron chi connectivity index (χ2n) is 5.07. The third-order valence-electron chi connectivity index (χ3n) is 3.76. The van der Waals surface area contributed by atoms with Gasteiger partial charge in [0.05, 0.1) is 33.0 Å². The van der Waals surface area contributed by atoms with E-state index >= 15 is 0 Å². The topological polar surface area (TPSA) is 43.4 Å². The summed E-state index contributed by atoms with van der Waals surface area (Å²) in [6.07, 6.45) is 0. The minimum Gasteiger partial charge on any atom is -0.379 e. The minimum atomic E-state index is -0.648. The lowest BCUT2D eigenvalue weighted by Gasteiger charge is -2.46. The van der Waals surface area contributed by atoms with E-state index in [0.717, 1.165) is 59.2 Å². The Bertz CT molecular complexity index is 260. The Balaban J connectivity index is 2.06. The van der Waals surface area contributed by atoms with Crippen molar-refractivity contribution >= 4 is 0 Å². The largest absolute Gasteiger partial charge is 0.379 e. The number of hydrogen-bond acceptors (Lipinski definition) is 6. The van der Waals surface area contributed by atoms with Gasteiger partial charge in [-0.05, 0) is 13.8 Å². The molecule has 0 aromatic heterocycles. The minimum absolute atomic E-state index is 0.641. The second kappa shape index (κ2) is 8.26. The Labute approximate surface area is 121 Å². The summed E-state index contributed by atoms with van der Waals surface area (Å²) in [5.74, 6) is -0.648. The predicted octanol–water partition coefficient (Wildman–Crippen LogP) is 0.378. The predicted molar refractivity (Wildman–Crippen MR) is 75.6 cm³/mol. The summed E-state index contributed by atoms with van der Waals surface area (Å²) in [5.41, 5.74) is 0. The Hall–Kier alpha value is -0.240. The van der Waals surface area contributed by atoms with E-state index in [2.05, 4.69) is 9.80 Å². The molecule has 0 atom stereocenters. The zero-order valence-electron chi connectivity index (χ0n) is 12.8. The maximum Gasteiger partial charge on any atom is 0.243 e. The van der Waals surface area contributed by atoms with Crippen LogP contribution in [-0.2, 0) is 18.9 Å². The fraction of sp³-hybridized carbons (Fsp3) is 1.00. The summed E-state index contributed by atoms with van der Waals surface area (Å²) in [4.78, 5) is 4.64. The summed E-state index contributed by atoms with van der Waals surface area (Å²) in [6, 6.07) is 0. The highest BCUT2D eigenvalue weighted by Gasteiger charge is 2.41. The molecule has 2 aliphatic heterocycles. The van der Waals surface area contributed by atoms with Crippen LogP contribution in [0.4, 0.5) is 0 Å². The van der Waals surface area contributed by atoms with Gasteiger partial charge in [-0.1, -0.05) is 0 Å². The van der Waals surface area contributed by atoms with Crippen molar-refractivity contribution in [1.29, 1.82) is 0 Å². The van der Waals surface area contributed by atoms with E-state index in [1.807, 2.05) is 13.8 Å². The average molecular weight is 288 g/mol. The summed E-state index contributed by atoms with van der Waals surface area (Å²) in [7, 11) is 0. The number of morpholine rings is 2. The van der Waals surface area contributed by atoms with E-state index in [9.17, 15) is 0 Å². The van der Waals surface area contributed by atoms with Crippen LogP contribution in [0.15, 0.2) is 0 Å². The molecule has 6 nitrogen and oxygen atoms in total. The fourth-order valence-corrected chi connectivity index (χ4v) is 2.81. The molecular formula is C14H28N2O4. The number of nitrogens with zero attached hydrogens (tertiary/aromatic N) is 2. The van der Waals surface area contributed by atoms with Gasteiger partial charge in [0.2, 0.25) is 5.91 Å². The molecule has 0 aromatic rings. The smallest absolute Gasteiger partial charge is 0.243 e. The lowest BCUT2D eigenvalue weighted by molar-refractivity contribution is -0.330. The van der Waals surface area contributed by atoms with Crippen LogP contribution >= 0.6 is 0 Å². The number of rotatable bonds is 7. The quantitative estimate of drug-likeness (QED) is 0.631. The number of hydrogen-bond donors (Lipinski definition) is 0. The van der Waals surface area contributed by atoms with Crippen LogP contribution in [0.5, 0.6) is 0 Å². The molecule has 118 valence electrons. The lowest BCUT2D eigenvalue weighted by Crippen LogP contribution is -2.63. The normalized spacial score (nSPS) is 23.1. The van der Waals surface area contributed by atoms with E-state index in [1.165, 1.54) is 0 Å². The molecule has 2 rings (SSSR count). The molecule has 2 aliphatic rings. The summed E-state index contributed by atoms with van der Waals surface area (Å²) in [5, 5.41) is 0. The molecule has 2 saturated heterocycles. The Morgan fingerprint density at radius 1 is 0.850 bits per heavy atom. The molecule has 2 fully saturated rings. The first-order valence-electron chi connectivity index (χ1n) is 7.71. The highest BCUT2D eigenvalue weighted by atomic mass is 16.7. The molecule has 0 bridgehead atoms. The first-order chi connectivity index (χ1) is 9.80. The Morgan fingerprint density at radius 2 is 1.35 bits per heavy atom.